The number of methoxy groups -OCH3 is 1. The van der Waals surface area contributed by atoms with Gasteiger partial charge in [0.2, 0.25) is 0 Å². The highest BCUT2D eigenvalue weighted by Crippen LogP contribution is 2.52. The van der Waals surface area contributed by atoms with E-state index >= 15 is 0 Å². The maximum atomic E-state index is 13.2. The lowest BCUT2D eigenvalue weighted by Gasteiger charge is -2.46. The van der Waals surface area contributed by atoms with E-state index in [9.17, 15) is 9.59 Å². The first kappa shape index (κ1) is 15.3. The van der Waals surface area contributed by atoms with Crippen molar-refractivity contribution in [2.24, 2.45) is 11.3 Å². The second-order valence-corrected chi connectivity index (χ2v) is 6.74. The van der Waals surface area contributed by atoms with E-state index in [0.717, 1.165) is 18.4 Å². The largest absolute Gasteiger partial charge is 0.465 e. The molecule has 1 aromatic rings. The van der Waals surface area contributed by atoms with Gasteiger partial charge < -0.3 is 4.74 Å². The summed E-state index contributed by atoms with van der Waals surface area (Å²) in [6.07, 6.45) is 9.34. The molecule has 2 fully saturated rings. The molecule has 0 bridgehead atoms. The quantitative estimate of drug-likeness (QED) is 0.613. The first-order chi connectivity index (χ1) is 10.7. The minimum absolute atomic E-state index is 0.136. The van der Waals surface area contributed by atoms with E-state index in [1.54, 1.807) is 24.3 Å². The van der Waals surface area contributed by atoms with Crippen LogP contribution in [0.1, 0.15) is 72.1 Å². The second-order valence-electron chi connectivity index (χ2n) is 6.74. The van der Waals surface area contributed by atoms with E-state index in [1.807, 2.05) is 0 Å². The zero-order chi connectivity index (χ0) is 15.6. The molecule has 3 rings (SSSR count). The molecule has 0 saturated heterocycles. The first-order valence-corrected chi connectivity index (χ1v) is 8.40. The molecule has 0 radical (unpaired) electrons. The first-order valence-electron chi connectivity index (χ1n) is 8.40. The van der Waals surface area contributed by atoms with Crippen LogP contribution in [0.2, 0.25) is 0 Å². The monoisotopic (exact) mass is 300 g/mol. The second kappa shape index (κ2) is 6.23. The van der Waals surface area contributed by atoms with E-state index in [1.165, 1.54) is 45.6 Å². The molecule has 0 aromatic heterocycles. The summed E-state index contributed by atoms with van der Waals surface area (Å²) in [6, 6.07) is 7.00. The summed E-state index contributed by atoms with van der Waals surface area (Å²) in [6.45, 7) is 0. The molecule has 0 unspecified atom stereocenters. The minimum Gasteiger partial charge on any atom is -0.465 e. The Morgan fingerprint density at radius 1 is 0.955 bits per heavy atom. The number of rotatable bonds is 3. The molecule has 3 nitrogen and oxygen atoms in total. The highest BCUT2D eigenvalue weighted by Gasteiger charge is 2.47. The van der Waals surface area contributed by atoms with Crippen LogP contribution in [0.3, 0.4) is 0 Å². The fourth-order valence-electron chi connectivity index (χ4n) is 4.47. The van der Waals surface area contributed by atoms with Gasteiger partial charge in [-0.3, -0.25) is 4.79 Å². The van der Waals surface area contributed by atoms with Crippen molar-refractivity contribution in [1.82, 2.24) is 0 Å². The normalized spacial score (nSPS) is 27.8. The van der Waals surface area contributed by atoms with Crippen molar-refractivity contribution in [3.05, 3.63) is 35.4 Å². The van der Waals surface area contributed by atoms with Gasteiger partial charge in [0.15, 0.2) is 5.78 Å². The van der Waals surface area contributed by atoms with Crippen molar-refractivity contribution < 1.29 is 14.3 Å². The number of Topliss-reactive ketones (excluding diaryl/α,β-unsaturated/α-hetero) is 1. The van der Waals surface area contributed by atoms with Gasteiger partial charge in [-0.05, 0) is 43.7 Å². The Labute approximate surface area is 132 Å². The van der Waals surface area contributed by atoms with E-state index < -0.39 is 0 Å². The maximum absolute atomic E-state index is 13.2. The SMILES string of the molecule is COC(=O)c1ccc(C(=O)C23CCCCC2CCCC3)cc1. The molecule has 1 aromatic carbocycles. The fourth-order valence-corrected chi connectivity index (χ4v) is 4.47. The van der Waals surface area contributed by atoms with E-state index in [0.29, 0.717) is 17.3 Å². The summed E-state index contributed by atoms with van der Waals surface area (Å²) in [5.41, 5.74) is 1.12. The van der Waals surface area contributed by atoms with Gasteiger partial charge in [-0.15, -0.1) is 0 Å². The summed E-state index contributed by atoms with van der Waals surface area (Å²) in [7, 11) is 1.37. The molecule has 0 N–H and O–H groups in total. The van der Waals surface area contributed by atoms with Crippen LogP contribution in [-0.2, 0) is 4.74 Å². The molecule has 0 spiro atoms. The van der Waals surface area contributed by atoms with Crippen LogP contribution in [0.5, 0.6) is 0 Å². The average molecular weight is 300 g/mol. The molecular formula is C19H24O3. The summed E-state index contributed by atoms with van der Waals surface area (Å²) in [5.74, 6) is 0.501. The van der Waals surface area contributed by atoms with Crippen LogP contribution in [0.25, 0.3) is 0 Å². The third-order valence-corrected chi connectivity index (χ3v) is 5.65. The third kappa shape index (κ3) is 2.57. The summed E-state index contributed by atoms with van der Waals surface area (Å²) in [5, 5.41) is 0. The van der Waals surface area contributed by atoms with E-state index in [-0.39, 0.29) is 11.4 Å². The van der Waals surface area contributed by atoms with Crippen molar-refractivity contribution in [3.63, 3.8) is 0 Å². The molecule has 2 aliphatic rings. The van der Waals surface area contributed by atoms with E-state index in [2.05, 4.69) is 0 Å². The molecule has 3 heteroatoms. The van der Waals surface area contributed by atoms with Gasteiger partial charge in [-0.1, -0.05) is 37.8 Å². The van der Waals surface area contributed by atoms with Crippen LogP contribution in [0, 0.1) is 11.3 Å². The predicted octanol–water partition coefficient (Wildman–Crippen LogP) is 4.41. The number of fused-ring (bicyclic) bond motifs is 1. The number of hydrogen-bond donors (Lipinski definition) is 0. The Balaban J connectivity index is 1.86. The number of carbonyl (C=O) groups is 2. The van der Waals surface area contributed by atoms with Crippen molar-refractivity contribution >= 4 is 11.8 Å². The molecule has 0 heterocycles. The molecule has 2 saturated carbocycles. The lowest BCUT2D eigenvalue weighted by atomic mass is 9.56. The Kier molecular flexibility index (Phi) is 4.32. The summed E-state index contributed by atoms with van der Waals surface area (Å²) >= 11 is 0. The van der Waals surface area contributed by atoms with Crippen LogP contribution in [0.15, 0.2) is 24.3 Å². The molecule has 0 amide bonds. The molecular weight excluding hydrogens is 276 g/mol. The lowest BCUT2D eigenvalue weighted by molar-refractivity contribution is 0.0346. The summed E-state index contributed by atoms with van der Waals surface area (Å²) < 4.78 is 4.71. The third-order valence-electron chi connectivity index (χ3n) is 5.65. The predicted molar refractivity (Wildman–Crippen MR) is 85.0 cm³/mol. The van der Waals surface area contributed by atoms with Crippen LogP contribution >= 0.6 is 0 Å². The van der Waals surface area contributed by atoms with Gasteiger partial charge in [0.1, 0.15) is 0 Å². The zero-order valence-electron chi connectivity index (χ0n) is 13.3. The van der Waals surface area contributed by atoms with Gasteiger partial charge in [0.05, 0.1) is 12.7 Å². The number of ether oxygens (including phenoxy) is 1. The van der Waals surface area contributed by atoms with Crippen molar-refractivity contribution in [2.45, 2.75) is 51.4 Å². The summed E-state index contributed by atoms with van der Waals surface area (Å²) in [4.78, 5) is 24.7. The van der Waals surface area contributed by atoms with Crippen LogP contribution in [0.4, 0.5) is 0 Å². The van der Waals surface area contributed by atoms with Gasteiger partial charge >= 0.3 is 5.97 Å². The van der Waals surface area contributed by atoms with Crippen LogP contribution in [-0.4, -0.2) is 18.9 Å². The Hall–Kier alpha value is -1.64. The smallest absolute Gasteiger partial charge is 0.337 e. The average Bonchev–Trinajstić information content (AvgIpc) is 2.60. The van der Waals surface area contributed by atoms with Gasteiger partial charge in [0, 0.05) is 11.0 Å². The van der Waals surface area contributed by atoms with Gasteiger partial charge in [-0.25, -0.2) is 4.79 Å². The molecule has 2 aliphatic carbocycles. The maximum Gasteiger partial charge on any atom is 0.337 e. The molecule has 0 atom stereocenters. The fraction of sp³-hybridized carbons (Fsp3) is 0.579. The number of esters is 1. The Morgan fingerprint density at radius 3 is 2.05 bits per heavy atom. The van der Waals surface area contributed by atoms with Gasteiger partial charge in [-0.2, -0.15) is 0 Å². The lowest BCUT2D eigenvalue weighted by Crippen LogP contribution is -2.43. The van der Waals surface area contributed by atoms with Crippen molar-refractivity contribution in [2.75, 3.05) is 7.11 Å². The number of benzene rings is 1. The molecule has 22 heavy (non-hydrogen) atoms. The number of hydrogen-bond acceptors (Lipinski definition) is 3. The standard InChI is InChI=1S/C19H24O3/c1-22-18(21)15-10-8-14(9-11-15)17(20)19-12-4-2-6-16(19)7-3-5-13-19/h8-11,16H,2-7,12-13H2,1H3. The highest BCUT2D eigenvalue weighted by molar-refractivity contribution is 6.01. The van der Waals surface area contributed by atoms with Crippen LogP contribution < -0.4 is 0 Å². The zero-order valence-corrected chi connectivity index (χ0v) is 13.3. The number of carbonyl (C=O) groups excluding carboxylic acids is 2. The minimum atomic E-state index is -0.356. The number of ketones is 1. The van der Waals surface area contributed by atoms with Crippen molar-refractivity contribution in [1.29, 1.82) is 0 Å². The highest BCUT2D eigenvalue weighted by atomic mass is 16.5. The van der Waals surface area contributed by atoms with Crippen molar-refractivity contribution in [3.8, 4) is 0 Å². The Bertz CT molecular complexity index is 547. The molecule has 118 valence electrons. The topological polar surface area (TPSA) is 43.4 Å². The van der Waals surface area contributed by atoms with E-state index in [4.69, 9.17) is 4.74 Å². The Morgan fingerprint density at radius 2 is 1.50 bits per heavy atom. The molecule has 0 aliphatic heterocycles. The van der Waals surface area contributed by atoms with Gasteiger partial charge in [0.25, 0.3) is 0 Å².